The molecule has 7 heteroatoms. The first-order valence-corrected chi connectivity index (χ1v) is 13.3. The Morgan fingerprint density at radius 3 is 2.39 bits per heavy atom. The van der Waals surface area contributed by atoms with Gasteiger partial charge in [0.25, 0.3) is 0 Å². The van der Waals surface area contributed by atoms with Gasteiger partial charge in [0, 0.05) is 44.0 Å². The average molecular weight is 520 g/mol. The first-order chi connectivity index (χ1) is 18.1. The van der Waals surface area contributed by atoms with Crippen molar-refractivity contribution in [3.05, 3.63) is 65.2 Å². The number of para-hydroxylation sites is 1. The summed E-state index contributed by atoms with van der Waals surface area (Å²) in [7, 11) is 1.58. The maximum atomic E-state index is 13.3. The Bertz CT molecular complexity index is 1160. The zero-order valence-corrected chi connectivity index (χ0v) is 23.1. The summed E-state index contributed by atoms with van der Waals surface area (Å²) in [6.45, 7) is 7.31. The number of nitrogens with one attached hydrogen (secondary N) is 1. The van der Waals surface area contributed by atoms with E-state index in [1.807, 2.05) is 74.2 Å². The number of anilines is 1. The largest absolute Gasteiger partial charge is 0.375 e. The molecule has 2 aromatic rings. The SMILES string of the molecule is COC(C)(N)CCOC(C)(C)CCNC(=O)CCCCC(=O)N1Cc2ccccc2C#Cc2ccccc21. The summed E-state index contributed by atoms with van der Waals surface area (Å²) in [5.41, 5.74) is 8.53. The van der Waals surface area contributed by atoms with Gasteiger partial charge in [-0.1, -0.05) is 42.2 Å². The van der Waals surface area contributed by atoms with Crippen LogP contribution in [0, 0.1) is 11.8 Å². The zero-order valence-electron chi connectivity index (χ0n) is 23.1. The fourth-order valence-corrected chi connectivity index (χ4v) is 4.20. The minimum Gasteiger partial charge on any atom is -0.375 e. The minimum absolute atomic E-state index is 0.0111. The first kappa shape index (κ1) is 29.4. The number of amides is 2. The zero-order chi connectivity index (χ0) is 27.6. The fraction of sp³-hybridized carbons (Fsp3) is 0.484. The van der Waals surface area contributed by atoms with Crippen molar-refractivity contribution in [2.24, 2.45) is 5.73 Å². The Hall–Kier alpha value is -3.18. The molecule has 2 aromatic carbocycles. The summed E-state index contributed by atoms with van der Waals surface area (Å²) < 4.78 is 11.1. The molecule has 0 aliphatic carbocycles. The molecule has 0 aromatic heterocycles. The molecule has 7 nitrogen and oxygen atoms in total. The van der Waals surface area contributed by atoms with Crippen LogP contribution in [0.2, 0.25) is 0 Å². The van der Waals surface area contributed by atoms with E-state index in [0.29, 0.717) is 58.2 Å². The van der Waals surface area contributed by atoms with E-state index in [1.54, 1.807) is 7.11 Å². The summed E-state index contributed by atoms with van der Waals surface area (Å²) in [6.07, 6.45) is 3.32. The van der Waals surface area contributed by atoms with Crippen molar-refractivity contribution in [3.63, 3.8) is 0 Å². The third-order valence-corrected chi connectivity index (χ3v) is 6.82. The van der Waals surface area contributed by atoms with E-state index in [4.69, 9.17) is 15.2 Å². The fourth-order valence-electron chi connectivity index (χ4n) is 4.20. The van der Waals surface area contributed by atoms with Gasteiger partial charge < -0.3 is 25.4 Å². The Kier molecular flexibility index (Phi) is 10.5. The van der Waals surface area contributed by atoms with Gasteiger partial charge in [0.2, 0.25) is 11.8 Å². The number of nitrogens with two attached hydrogens (primary N) is 1. The van der Waals surface area contributed by atoms with Crippen molar-refractivity contribution >= 4 is 17.5 Å². The minimum atomic E-state index is -0.708. The maximum absolute atomic E-state index is 13.3. The lowest BCUT2D eigenvalue weighted by atomic mass is 10.0. The molecule has 1 aliphatic rings. The number of carbonyl (C=O) groups is 2. The molecule has 38 heavy (non-hydrogen) atoms. The highest BCUT2D eigenvalue weighted by Gasteiger charge is 2.23. The standard InChI is InChI=1S/C31H41N3O4/c1-30(2,38-22-20-31(3,32)37-4)19-21-33-28(35)15-9-10-16-29(36)34-23-26-13-6-5-11-24(26)17-18-25-12-7-8-14-27(25)34/h5-8,11-14H,9-10,15-16,19-23,32H2,1-4H3,(H,33,35). The van der Waals surface area contributed by atoms with E-state index in [9.17, 15) is 9.59 Å². The highest BCUT2D eigenvalue weighted by atomic mass is 16.5. The number of nitrogens with zero attached hydrogens (tertiary/aromatic N) is 1. The van der Waals surface area contributed by atoms with Gasteiger partial charge in [0.05, 0.1) is 24.4 Å². The maximum Gasteiger partial charge on any atom is 0.227 e. The number of benzene rings is 2. The van der Waals surface area contributed by atoms with Gasteiger partial charge in [0.1, 0.15) is 5.72 Å². The molecule has 0 bridgehead atoms. The van der Waals surface area contributed by atoms with Crippen molar-refractivity contribution in [2.75, 3.05) is 25.2 Å². The second-order valence-electron chi connectivity index (χ2n) is 10.6. The van der Waals surface area contributed by atoms with Crippen LogP contribution in [0.4, 0.5) is 5.69 Å². The number of hydrogen-bond acceptors (Lipinski definition) is 5. The highest BCUT2D eigenvalue weighted by Crippen LogP contribution is 2.26. The molecule has 0 fully saturated rings. The summed E-state index contributed by atoms with van der Waals surface area (Å²) >= 11 is 0. The Morgan fingerprint density at radius 1 is 0.974 bits per heavy atom. The number of fused-ring (bicyclic) bond motifs is 2. The Balaban J connectivity index is 1.42. The first-order valence-electron chi connectivity index (χ1n) is 13.3. The summed E-state index contributed by atoms with van der Waals surface area (Å²) in [6, 6.07) is 15.7. The molecule has 0 radical (unpaired) electrons. The van der Waals surface area contributed by atoms with Crippen molar-refractivity contribution in [1.29, 1.82) is 0 Å². The molecule has 0 saturated carbocycles. The molecule has 0 spiro atoms. The predicted molar refractivity (Wildman–Crippen MR) is 150 cm³/mol. The molecule has 2 amide bonds. The number of rotatable bonds is 13. The van der Waals surface area contributed by atoms with Crippen LogP contribution in [0.15, 0.2) is 48.5 Å². The molecule has 1 aliphatic heterocycles. The summed E-state index contributed by atoms with van der Waals surface area (Å²) in [5.74, 6) is 6.49. The van der Waals surface area contributed by atoms with Crippen LogP contribution < -0.4 is 16.0 Å². The van der Waals surface area contributed by atoms with E-state index in [2.05, 4.69) is 17.2 Å². The van der Waals surface area contributed by atoms with Gasteiger partial charge in [-0.15, -0.1) is 0 Å². The van der Waals surface area contributed by atoms with Crippen LogP contribution >= 0.6 is 0 Å². The molecule has 0 saturated heterocycles. The van der Waals surface area contributed by atoms with E-state index in [0.717, 1.165) is 22.4 Å². The molecule has 204 valence electrons. The van der Waals surface area contributed by atoms with Crippen molar-refractivity contribution in [1.82, 2.24) is 5.32 Å². The second kappa shape index (κ2) is 13.6. The second-order valence-corrected chi connectivity index (χ2v) is 10.6. The molecule has 1 atom stereocenters. The topological polar surface area (TPSA) is 93.9 Å². The molecule has 3 N–H and O–H groups in total. The van der Waals surface area contributed by atoms with E-state index in [-0.39, 0.29) is 17.4 Å². The smallest absolute Gasteiger partial charge is 0.227 e. The van der Waals surface area contributed by atoms with Crippen LogP contribution in [0.25, 0.3) is 0 Å². The van der Waals surface area contributed by atoms with Crippen molar-refractivity contribution < 1.29 is 19.1 Å². The Labute approximate surface area is 227 Å². The lowest BCUT2D eigenvalue weighted by Crippen LogP contribution is -2.40. The monoisotopic (exact) mass is 519 g/mol. The van der Waals surface area contributed by atoms with E-state index >= 15 is 0 Å². The van der Waals surface area contributed by atoms with Crippen LogP contribution in [0.3, 0.4) is 0 Å². The molecule has 1 unspecified atom stereocenters. The normalized spacial score (nSPS) is 14.2. The number of carbonyl (C=O) groups excluding carboxylic acids is 2. The third kappa shape index (κ3) is 8.98. The van der Waals surface area contributed by atoms with Gasteiger partial charge >= 0.3 is 0 Å². The van der Waals surface area contributed by atoms with Gasteiger partial charge in [0.15, 0.2) is 0 Å². The lowest BCUT2D eigenvalue weighted by Gasteiger charge is -2.28. The molecule has 3 rings (SSSR count). The highest BCUT2D eigenvalue weighted by molar-refractivity contribution is 5.95. The number of ether oxygens (including phenoxy) is 2. The summed E-state index contributed by atoms with van der Waals surface area (Å²) in [5, 5.41) is 2.97. The Morgan fingerprint density at radius 2 is 1.63 bits per heavy atom. The lowest BCUT2D eigenvalue weighted by molar-refractivity contribution is -0.122. The van der Waals surface area contributed by atoms with Crippen molar-refractivity contribution in [3.8, 4) is 11.8 Å². The molecule has 1 heterocycles. The quantitative estimate of drug-likeness (QED) is 0.231. The number of hydrogen-bond donors (Lipinski definition) is 2. The number of unbranched alkanes of at least 4 members (excludes halogenated alkanes) is 1. The van der Waals surface area contributed by atoms with Gasteiger partial charge in [-0.25, -0.2) is 0 Å². The van der Waals surface area contributed by atoms with Gasteiger partial charge in [-0.2, -0.15) is 0 Å². The van der Waals surface area contributed by atoms with Crippen LogP contribution in [-0.2, 0) is 25.6 Å². The van der Waals surface area contributed by atoms with E-state index in [1.165, 1.54) is 0 Å². The van der Waals surface area contributed by atoms with Gasteiger partial charge in [-0.05, 0) is 63.8 Å². The molecular weight excluding hydrogens is 478 g/mol. The van der Waals surface area contributed by atoms with Gasteiger partial charge in [-0.3, -0.25) is 9.59 Å². The number of methoxy groups -OCH3 is 1. The van der Waals surface area contributed by atoms with Crippen LogP contribution in [0.5, 0.6) is 0 Å². The van der Waals surface area contributed by atoms with E-state index < -0.39 is 5.72 Å². The predicted octanol–water partition coefficient (Wildman–Crippen LogP) is 4.51. The average Bonchev–Trinajstić information content (AvgIpc) is 2.87. The summed E-state index contributed by atoms with van der Waals surface area (Å²) in [4.78, 5) is 27.5. The third-order valence-electron chi connectivity index (χ3n) is 6.82. The van der Waals surface area contributed by atoms with Crippen LogP contribution in [0.1, 0.15) is 76.0 Å². The van der Waals surface area contributed by atoms with Crippen LogP contribution in [-0.4, -0.2) is 43.4 Å². The van der Waals surface area contributed by atoms with Crippen molar-refractivity contribution in [2.45, 2.75) is 77.2 Å². The molecular formula is C31H41N3O4.